The normalized spacial score (nSPS) is 15.7. The Morgan fingerprint density at radius 1 is 0.854 bits per heavy atom. The van der Waals surface area contributed by atoms with Crippen LogP contribution in [-0.2, 0) is 11.3 Å². The maximum absolute atomic E-state index is 12.8. The van der Waals surface area contributed by atoms with Gasteiger partial charge in [-0.3, -0.25) is 14.6 Å². The van der Waals surface area contributed by atoms with Crippen LogP contribution in [-0.4, -0.2) is 34.8 Å². The molecule has 1 atom stereocenters. The van der Waals surface area contributed by atoms with Crippen molar-refractivity contribution < 1.29 is 9.59 Å². The predicted octanol–water partition coefficient (Wildman–Crippen LogP) is 7.57. The number of aromatic nitrogens is 1. The highest BCUT2D eigenvalue weighted by molar-refractivity contribution is 6.10. The number of nitrogens with zero attached hydrogens (tertiary/aromatic N) is 3. The molecule has 1 saturated heterocycles. The van der Waals surface area contributed by atoms with Gasteiger partial charge < -0.3 is 9.80 Å². The van der Waals surface area contributed by atoms with Crippen molar-refractivity contribution in [3.8, 4) is 11.3 Å². The minimum atomic E-state index is -0.154. The van der Waals surface area contributed by atoms with Crippen LogP contribution in [0.25, 0.3) is 11.3 Å². The van der Waals surface area contributed by atoms with Gasteiger partial charge >= 0.3 is 0 Å². The number of amides is 2. The quantitative estimate of drug-likeness (QED) is 0.266. The van der Waals surface area contributed by atoms with Gasteiger partial charge in [-0.15, -0.1) is 0 Å². The third-order valence-electron chi connectivity index (χ3n) is 8.39. The Bertz CT molecular complexity index is 1490. The van der Waals surface area contributed by atoms with E-state index in [1.807, 2.05) is 78.7 Å². The van der Waals surface area contributed by atoms with Gasteiger partial charge in [0.2, 0.25) is 5.91 Å². The first kappa shape index (κ1) is 28.3. The minimum absolute atomic E-state index is 0.0462. The highest BCUT2D eigenvalue weighted by atomic mass is 16.2. The van der Waals surface area contributed by atoms with Crippen molar-refractivity contribution in [3.05, 3.63) is 119 Å². The maximum atomic E-state index is 12.8. The van der Waals surface area contributed by atoms with Crippen molar-refractivity contribution in [1.82, 2.24) is 9.88 Å². The van der Waals surface area contributed by atoms with E-state index < -0.39 is 0 Å². The van der Waals surface area contributed by atoms with Crippen molar-refractivity contribution in [1.29, 1.82) is 0 Å². The number of rotatable bonds is 4. The van der Waals surface area contributed by atoms with Crippen LogP contribution in [0.15, 0.2) is 91.1 Å². The summed E-state index contributed by atoms with van der Waals surface area (Å²) >= 11 is 0. The summed E-state index contributed by atoms with van der Waals surface area (Å²) in [6.45, 7) is 10.8. The topological polar surface area (TPSA) is 53.5 Å². The number of benzene rings is 3. The molecule has 2 amide bonds. The molecule has 5 heteroatoms. The number of pyridine rings is 1. The van der Waals surface area contributed by atoms with Gasteiger partial charge in [-0.25, -0.2) is 0 Å². The summed E-state index contributed by atoms with van der Waals surface area (Å²) in [5.74, 6) is 0.814. The van der Waals surface area contributed by atoms with E-state index >= 15 is 0 Å². The molecular formula is C36H39N3O2. The van der Waals surface area contributed by atoms with Crippen LogP contribution in [0.4, 0.5) is 5.69 Å². The third kappa shape index (κ3) is 6.25. The Balaban J connectivity index is 0.000000202. The molecule has 0 saturated carbocycles. The molecule has 1 fully saturated rings. The zero-order chi connectivity index (χ0) is 28.9. The van der Waals surface area contributed by atoms with Crippen molar-refractivity contribution >= 4 is 17.5 Å². The lowest BCUT2D eigenvalue weighted by Gasteiger charge is -2.32. The van der Waals surface area contributed by atoms with E-state index in [4.69, 9.17) is 0 Å². The summed E-state index contributed by atoms with van der Waals surface area (Å²) in [6, 6.07) is 28.0. The standard InChI is InChI=1S/C23H26N2O2.C13H13N/c1-16-11-13-24(14-12-16)22(26)17(2)18-7-9-20(10-8-18)25-15-19-5-3-4-6-21(19)23(25)27;1-10-6-5-7-11(2)13(10)12-8-3-4-9-14-12/h3-10,16-17H,11-15H2,1-2H3;3-9H,1-2H3. The number of likely N-dealkylation sites (tertiary alicyclic amines) is 1. The van der Waals surface area contributed by atoms with Gasteiger partial charge in [-0.05, 0) is 92.1 Å². The fourth-order valence-electron chi connectivity index (χ4n) is 5.78. The Morgan fingerprint density at radius 2 is 1.51 bits per heavy atom. The molecule has 2 aliphatic heterocycles. The number of hydrogen-bond donors (Lipinski definition) is 0. The van der Waals surface area contributed by atoms with Gasteiger partial charge in [-0.1, -0.05) is 61.5 Å². The summed E-state index contributed by atoms with van der Waals surface area (Å²) < 4.78 is 0. The average Bonchev–Trinajstić information content (AvgIpc) is 3.34. The van der Waals surface area contributed by atoms with E-state index in [-0.39, 0.29) is 17.7 Å². The second-order valence-electron chi connectivity index (χ2n) is 11.4. The van der Waals surface area contributed by atoms with Crippen molar-refractivity contribution in [3.63, 3.8) is 0 Å². The molecule has 4 aromatic rings. The highest BCUT2D eigenvalue weighted by Gasteiger charge is 2.29. The number of anilines is 1. The molecule has 0 spiro atoms. The Labute approximate surface area is 243 Å². The van der Waals surface area contributed by atoms with Crippen molar-refractivity contribution in [2.75, 3.05) is 18.0 Å². The zero-order valence-electron chi connectivity index (χ0n) is 24.5. The number of piperidine rings is 1. The fourth-order valence-corrected chi connectivity index (χ4v) is 5.78. The Hall–Kier alpha value is -4.25. The lowest BCUT2D eigenvalue weighted by molar-refractivity contribution is -0.133. The first-order valence-corrected chi connectivity index (χ1v) is 14.6. The lowest BCUT2D eigenvalue weighted by Crippen LogP contribution is -2.40. The van der Waals surface area contributed by atoms with Gasteiger partial charge in [0.1, 0.15) is 0 Å². The van der Waals surface area contributed by atoms with Gasteiger partial charge in [-0.2, -0.15) is 0 Å². The van der Waals surface area contributed by atoms with E-state index in [0.717, 1.165) is 54.0 Å². The van der Waals surface area contributed by atoms with Crippen molar-refractivity contribution in [2.45, 2.75) is 53.0 Å². The van der Waals surface area contributed by atoms with Crippen LogP contribution in [0.2, 0.25) is 0 Å². The molecular weight excluding hydrogens is 506 g/mol. The van der Waals surface area contributed by atoms with Gasteiger partial charge in [0, 0.05) is 36.1 Å². The van der Waals surface area contributed by atoms with Gasteiger partial charge in [0.05, 0.1) is 18.2 Å². The molecule has 210 valence electrons. The SMILES string of the molecule is CC1CCN(C(=O)C(C)c2ccc(N3Cc4ccccc4C3=O)cc2)CC1.Cc1cccc(C)c1-c1ccccn1. The maximum Gasteiger partial charge on any atom is 0.258 e. The number of hydrogen-bond acceptors (Lipinski definition) is 3. The Morgan fingerprint density at radius 3 is 2.15 bits per heavy atom. The van der Waals surface area contributed by atoms with Gasteiger partial charge in [0.15, 0.2) is 0 Å². The molecule has 41 heavy (non-hydrogen) atoms. The van der Waals surface area contributed by atoms with E-state index in [1.165, 1.54) is 16.7 Å². The average molecular weight is 546 g/mol. The highest BCUT2D eigenvalue weighted by Crippen LogP contribution is 2.30. The first-order valence-electron chi connectivity index (χ1n) is 14.6. The molecule has 3 aromatic carbocycles. The second-order valence-corrected chi connectivity index (χ2v) is 11.4. The predicted molar refractivity (Wildman–Crippen MR) is 166 cm³/mol. The van der Waals surface area contributed by atoms with Crippen LogP contribution in [0, 0.1) is 19.8 Å². The molecule has 0 radical (unpaired) electrons. The summed E-state index contributed by atoms with van der Waals surface area (Å²) in [7, 11) is 0. The summed E-state index contributed by atoms with van der Waals surface area (Å²) in [5, 5.41) is 0. The summed E-state index contributed by atoms with van der Waals surface area (Å²) in [6.07, 6.45) is 4.02. The number of aryl methyl sites for hydroxylation is 2. The molecule has 1 unspecified atom stereocenters. The largest absolute Gasteiger partial charge is 0.342 e. The molecule has 5 nitrogen and oxygen atoms in total. The third-order valence-corrected chi connectivity index (χ3v) is 8.39. The second kappa shape index (κ2) is 12.5. The van der Waals surface area contributed by atoms with Gasteiger partial charge in [0.25, 0.3) is 5.91 Å². The van der Waals surface area contributed by atoms with Crippen LogP contribution >= 0.6 is 0 Å². The minimum Gasteiger partial charge on any atom is -0.342 e. The fraction of sp³-hybridized carbons (Fsp3) is 0.306. The monoisotopic (exact) mass is 545 g/mol. The van der Waals surface area contributed by atoms with Crippen LogP contribution in [0.5, 0.6) is 0 Å². The van der Waals surface area contributed by atoms with Crippen molar-refractivity contribution in [2.24, 2.45) is 5.92 Å². The van der Waals surface area contributed by atoms with E-state index in [2.05, 4.69) is 50.0 Å². The van der Waals surface area contributed by atoms with E-state index in [9.17, 15) is 9.59 Å². The van der Waals surface area contributed by atoms with E-state index in [0.29, 0.717) is 12.5 Å². The number of carbonyl (C=O) groups excluding carboxylic acids is 2. The van der Waals surface area contributed by atoms with E-state index in [1.54, 1.807) is 4.90 Å². The first-order chi connectivity index (χ1) is 19.8. The van der Waals surface area contributed by atoms with Crippen LogP contribution in [0.3, 0.4) is 0 Å². The lowest BCUT2D eigenvalue weighted by atomic mass is 9.95. The van der Waals surface area contributed by atoms with Crippen LogP contribution in [0.1, 0.15) is 65.2 Å². The molecule has 0 bridgehead atoms. The number of fused-ring (bicyclic) bond motifs is 1. The Kier molecular flexibility index (Phi) is 8.63. The molecule has 1 aromatic heterocycles. The molecule has 3 heterocycles. The number of carbonyl (C=O) groups is 2. The molecule has 6 rings (SSSR count). The molecule has 2 aliphatic rings. The summed E-state index contributed by atoms with van der Waals surface area (Å²) in [5.41, 5.74) is 8.61. The molecule has 0 aliphatic carbocycles. The molecule has 0 N–H and O–H groups in total. The zero-order valence-corrected chi connectivity index (χ0v) is 24.5. The summed E-state index contributed by atoms with van der Waals surface area (Å²) in [4.78, 5) is 33.6. The van der Waals surface area contributed by atoms with Crippen LogP contribution < -0.4 is 4.90 Å². The smallest absolute Gasteiger partial charge is 0.258 e.